The maximum Gasteiger partial charge on any atom is 0.289 e. The van der Waals surface area contributed by atoms with Crippen molar-refractivity contribution in [2.45, 2.75) is 43.9 Å². The van der Waals surface area contributed by atoms with Crippen LogP contribution in [0.1, 0.15) is 25.7 Å². The maximum atomic E-state index is 12.7. The first-order valence-electron chi connectivity index (χ1n) is 8.81. The van der Waals surface area contributed by atoms with Crippen molar-refractivity contribution in [1.29, 1.82) is 0 Å². The summed E-state index contributed by atoms with van der Waals surface area (Å²) in [7, 11) is 0. The lowest BCUT2D eigenvalue weighted by Gasteiger charge is -2.37. The predicted molar refractivity (Wildman–Crippen MR) is 95.2 cm³/mol. The molecule has 7 nitrogen and oxygen atoms in total. The van der Waals surface area contributed by atoms with Crippen molar-refractivity contribution < 1.29 is 23.9 Å². The Kier molecular flexibility index (Phi) is 4.76. The second-order valence-electron chi connectivity index (χ2n) is 6.65. The number of hydrogen-bond donors (Lipinski definition) is 1. The normalized spacial score (nSPS) is 28.2. The molecular weight excluding hydrogens is 356 g/mol. The van der Waals surface area contributed by atoms with Gasteiger partial charge in [0.2, 0.25) is 12.0 Å². The van der Waals surface area contributed by atoms with Crippen molar-refractivity contribution in [2.75, 3.05) is 12.4 Å². The molecule has 2 heterocycles. The second kappa shape index (κ2) is 7.19. The molecule has 1 N–H and O–H groups in total. The lowest BCUT2D eigenvalue weighted by Crippen LogP contribution is -2.57. The minimum absolute atomic E-state index is 0.137. The summed E-state index contributed by atoms with van der Waals surface area (Å²) in [6, 6.07) is 6.70. The lowest BCUT2D eigenvalue weighted by molar-refractivity contribution is -0.133. The molecule has 3 unspecified atom stereocenters. The van der Waals surface area contributed by atoms with E-state index < -0.39 is 6.10 Å². The van der Waals surface area contributed by atoms with Gasteiger partial charge in [0.05, 0.1) is 11.8 Å². The molecule has 2 aliphatic heterocycles. The molecule has 1 aromatic rings. The fraction of sp³-hybridized carbons (Fsp3) is 0.500. The molecule has 0 bridgehead atoms. The van der Waals surface area contributed by atoms with Crippen LogP contribution in [-0.2, 0) is 9.59 Å². The van der Waals surface area contributed by atoms with Crippen LogP contribution in [0.25, 0.3) is 0 Å². The quantitative estimate of drug-likeness (QED) is 0.868. The van der Waals surface area contributed by atoms with Crippen LogP contribution in [0.15, 0.2) is 24.3 Å². The van der Waals surface area contributed by atoms with E-state index in [2.05, 4.69) is 5.32 Å². The van der Waals surface area contributed by atoms with Crippen molar-refractivity contribution in [1.82, 2.24) is 10.2 Å². The van der Waals surface area contributed by atoms with E-state index >= 15 is 0 Å². The number of amides is 3. The van der Waals surface area contributed by atoms with E-state index in [9.17, 15) is 14.4 Å². The zero-order valence-corrected chi connectivity index (χ0v) is 15.0. The second-order valence-corrected chi connectivity index (χ2v) is 7.58. The number of carbonyl (C=O) groups is 3. The van der Waals surface area contributed by atoms with Crippen LogP contribution in [-0.4, -0.2) is 52.5 Å². The van der Waals surface area contributed by atoms with Gasteiger partial charge in [0.25, 0.3) is 11.1 Å². The number of ether oxygens (including phenoxy) is 2. The van der Waals surface area contributed by atoms with Crippen LogP contribution in [0.4, 0.5) is 4.79 Å². The summed E-state index contributed by atoms with van der Waals surface area (Å²) in [5.74, 6) is 0.907. The third-order valence-corrected chi connectivity index (χ3v) is 5.81. The van der Waals surface area contributed by atoms with Gasteiger partial charge in [-0.15, -0.1) is 0 Å². The van der Waals surface area contributed by atoms with Gasteiger partial charge in [-0.25, -0.2) is 0 Å². The molecule has 0 spiro atoms. The fourth-order valence-corrected chi connectivity index (χ4v) is 4.46. The van der Waals surface area contributed by atoms with Crippen LogP contribution in [0, 0.1) is 0 Å². The number of imide groups is 1. The van der Waals surface area contributed by atoms with Gasteiger partial charge < -0.3 is 14.8 Å². The molecule has 138 valence electrons. The van der Waals surface area contributed by atoms with Crippen LogP contribution in [0.3, 0.4) is 0 Å². The van der Waals surface area contributed by atoms with Gasteiger partial charge in [0.15, 0.2) is 11.5 Å². The topological polar surface area (TPSA) is 84.9 Å². The van der Waals surface area contributed by atoms with Crippen molar-refractivity contribution in [3.63, 3.8) is 0 Å². The summed E-state index contributed by atoms with van der Waals surface area (Å²) in [5, 5.41) is 2.77. The summed E-state index contributed by atoms with van der Waals surface area (Å²) in [4.78, 5) is 38.2. The largest absolute Gasteiger partial charge is 0.485 e. The van der Waals surface area contributed by atoms with Gasteiger partial charge in [-0.05, 0) is 25.0 Å². The van der Waals surface area contributed by atoms with Gasteiger partial charge in [0.1, 0.15) is 6.61 Å². The number of nitrogens with zero attached hydrogens (tertiary/aromatic N) is 1. The van der Waals surface area contributed by atoms with Gasteiger partial charge in [-0.2, -0.15) is 0 Å². The third kappa shape index (κ3) is 3.25. The molecule has 3 amide bonds. The van der Waals surface area contributed by atoms with E-state index in [1.54, 1.807) is 12.1 Å². The molecule has 1 saturated heterocycles. The average molecular weight is 376 g/mol. The van der Waals surface area contributed by atoms with E-state index in [-0.39, 0.29) is 41.5 Å². The van der Waals surface area contributed by atoms with Crippen molar-refractivity contribution in [3.8, 4) is 11.5 Å². The number of rotatable bonds is 3. The molecule has 0 aromatic heterocycles. The van der Waals surface area contributed by atoms with Crippen LogP contribution in [0.2, 0.25) is 0 Å². The zero-order chi connectivity index (χ0) is 18.1. The molecule has 3 atom stereocenters. The molecule has 26 heavy (non-hydrogen) atoms. The molecule has 1 aliphatic carbocycles. The van der Waals surface area contributed by atoms with E-state index in [1.165, 1.54) is 4.90 Å². The highest BCUT2D eigenvalue weighted by atomic mass is 32.2. The maximum absolute atomic E-state index is 12.7. The molecule has 8 heteroatoms. The number of carbonyl (C=O) groups excluding carboxylic acids is 3. The molecule has 0 radical (unpaired) electrons. The molecule has 2 fully saturated rings. The standard InChI is InChI=1S/C18H20N2O5S/c21-16-10-26-18(23)20(16)12-6-2-1-5-11(12)19-17(22)15-9-24-13-7-3-4-8-14(13)25-15/h3-4,7-8,11-12,15H,1-2,5-6,9-10H2,(H,19,22). The van der Waals surface area contributed by atoms with Crippen LogP contribution < -0.4 is 14.8 Å². The van der Waals surface area contributed by atoms with E-state index in [1.807, 2.05) is 12.1 Å². The van der Waals surface area contributed by atoms with Crippen LogP contribution in [0.5, 0.6) is 11.5 Å². The Morgan fingerprint density at radius 2 is 1.92 bits per heavy atom. The van der Waals surface area contributed by atoms with E-state index in [0.717, 1.165) is 31.0 Å². The first kappa shape index (κ1) is 17.2. The first-order chi connectivity index (χ1) is 12.6. The summed E-state index contributed by atoms with van der Waals surface area (Å²) < 4.78 is 11.3. The molecule has 3 aliphatic rings. The van der Waals surface area contributed by atoms with Gasteiger partial charge in [0, 0.05) is 6.04 Å². The van der Waals surface area contributed by atoms with Crippen LogP contribution >= 0.6 is 11.8 Å². The summed E-state index contributed by atoms with van der Waals surface area (Å²) in [6.07, 6.45) is 2.60. The Bertz CT molecular complexity index is 724. The lowest BCUT2D eigenvalue weighted by atomic mass is 9.89. The van der Waals surface area contributed by atoms with Gasteiger partial charge in [-0.3, -0.25) is 19.3 Å². The highest BCUT2D eigenvalue weighted by Crippen LogP contribution is 2.32. The van der Waals surface area contributed by atoms with Crippen molar-refractivity contribution in [3.05, 3.63) is 24.3 Å². The minimum Gasteiger partial charge on any atom is -0.485 e. The zero-order valence-electron chi connectivity index (χ0n) is 14.2. The Hall–Kier alpha value is -2.22. The molecule has 1 saturated carbocycles. The molecule has 1 aromatic carbocycles. The predicted octanol–water partition coefficient (Wildman–Crippen LogP) is 1.95. The average Bonchev–Trinajstić information content (AvgIpc) is 3.00. The first-order valence-corrected chi connectivity index (χ1v) is 9.80. The summed E-state index contributed by atoms with van der Waals surface area (Å²) in [6.45, 7) is 0.137. The molecule has 4 rings (SSSR count). The molecular formula is C18H20N2O5S. The Morgan fingerprint density at radius 1 is 1.15 bits per heavy atom. The Labute approximate surface area is 155 Å². The highest BCUT2D eigenvalue weighted by Gasteiger charge is 2.42. The van der Waals surface area contributed by atoms with Gasteiger partial charge in [-0.1, -0.05) is 36.7 Å². The number of benzene rings is 1. The highest BCUT2D eigenvalue weighted by molar-refractivity contribution is 8.14. The fourth-order valence-electron chi connectivity index (χ4n) is 3.70. The SMILES string of the molecule is O=C(NC1CCCCC1N1C(=O)CSC1=O)C1COc2ccccc2O1. The number of nitrogens with one attached hydrogen (secondary N) is 1. The summed E-state index contributed by atoms with van der Waals surface area (Å²) in [5.41, 5.74) is 0. The smallest absolute Gasteiger partial charge is 0.289 e. The Morgan fingerprint density at radius 3 is 2.69 bits per heavy atom. The summed E-state index contributed by atoms with van der Waals surface area (Å²) >= 11 is 1.03. The number of fused-ring (bicyclic) bond motifs is 1. The Balaban J connectivity index is 1.44. The van der Waals surface area contributed by atoms with E-state index in [4.69, 9.17) is 9.47 Å². The number of para-hydroxylation sites is 2. The third-order valence-electron chi connectivity index (χ3n) is 4.97. The number of thioether (sulfide) groups is 1. The van der Waals surface area contributed by atoms with E-state index in [0.29, 0.717) is 17.9 Å². The van der Waals surface area contributed by atoms with Crippen molar-refractivity contribution >= 4 is 28.8 Å². The minimum atomic E-state index is -0.744. The van der Waals surface area contributed by atoms with Crippen molar-refractivity contribution in [2.24, 2.45) is 0 Å². The number of hydrogen-bond acceptors (Lipinski definition) is 6. The monoisotopic (exact) mass is 376 g/mol. The van der Waals surface area contributed by atoms with Gasteiger partial charge >= 0.3 is 0 Å².